The van der Waals surface area contributed by atoms with Crippen molar-refractivity contribution < 1.29 is 9.59 Å². The SMILES string of the molecule is NC1CCCCC1N(Cc1cc(NC(=O)c2ccncc2)ccc1Cl)C(=O)c1ccccc1. The van der Waals surface area contributed by atoms with Gasteiger partial charge in [-0.15, -0.1) is 0 Å². The molecule has 170 valence electrons. The van der Waals surface area contributed by atoms with E-state index in [1.165, 1.54) is 0 Å². The molecular formula is C26H27ClN4O2. The number of nitrogens with one attached hydrogen (secondary N) is 1. The molecule has 2 unspecified atom stereocenters. The lowest BCUT2D eigenvalue weighted by atomic mass is 9.89. The highest BCUT2D eigenvalue weighted by molar-refractivity contribution is 6.31. The summed E-state index contributed by atoms with van der Waals surface area (Å²) in [6.07, 6.45) is 7.00. The van der Waals surface area contributed by atoms with Crippen LogP contribution in [0.15, 0.2) is 73.1 Å². The fraction of sp³-hybridized carbons (Fsp3) is 0.269. The second-order valence-electron chi connectivity index (χ2n) is 8.31. The molecule has 0 spiro atoms. The molecule has 4 rings (SSSR count). The summed E-state index contributed by atoms with van der Waals surface area (Å²) in [5.74, 6) is -0.308. The zero-order valence-corrected chi connectivity index (χ0v) is 19.0. The quantitative estimate of drug-likeness (QED) is 0.545. The minimum Gasteiger partial charge on any atom is -0.330 e. The van der Waals surface area contributed by atoms with E-state index in [4.69, 9.17) is 17.3 Å². The van der Waals surface area contributed by atoms with Crippen molar-refractivity contribution in [3.63, 3.8) is 0 Å². The zero-order valence-electron chi connectivity index (χ0n) is 18.3. The van der Waals surface area contributed by atoms with Gasteiger partial charge in [0.2, 0.25) is 0 Å². The predicted molar refractivity (Wildman–Crippen MR) is 130 cm³/mol. The molecule has 1 heterocycles. The lowest BCUT2D eigenvalue weighted by Crippen LogP contribution is -2.51. The first-order valence-electron chi connectivity index (χ1n) is 11.1. The Labute approximate surface area is 198 Å². The summed E-state index contributed by atoms with van der Waals surface area (Å²) < 4.78 is 0. The highest BCUT2D eigenvalue weighted by Gasteiger charge is 2.32. The maximum atomic E-state index is 13.5. The van der Waals surface area contributed by atoms with Gasteiger partial charge in [0.25, 0.3) is 11.8 Å². The number of rotatable bonds is 6. The third-order valence-electron chi connectivity index (χ3n) is 6.05. The number of hydrogen-bond donors (Lipinski definition) is 2. The number of carbonyl (C=O) groups is 2. The average Bonchev–Trinajstić information content (AvgIpc) is 2.85. The Morgan fingerprint density at radius 1 is 1.00 bits per heavy atom. The third-order valence-corrected chi connectivity index (χ3v) is 6.42. The van der Waals surface area contributed by atoms with E-state index in [-0.39, 0.29) is 23.9 Å². The van der Waals surface area contributed by atoms with Crippen molar-refractivity contribution in [3.8, 4) is 0 Å². The van der Waals surface area contributed by atoms with Crippen molar-refractivity contribution in [2.24, 2.45) is 5.73 Å². The lowest BCUT2D eigenvalue weighted by molar-refractivity contribution is 0.0583. The zero-order chi connectivity index (χ0) is 23.2. The first-order valence-corrected chi connectivity index (χ1v) is 11.5. The number of hydrogen-bond acceptors (Lipinski definition) is 4. The maximum Gasteiger partial charge on any atom is 0.255 e. The van der Waals surface area contributed by atoms with Gasteiger partial charge in [-0.2, -0.15) is 0 Å². The molecule has 1 aromatic heterocycles. The largest absolute Gasteiger partial charge is 0.330 e. The molecule has 0 saturated heterocycles. The van der Waals surface area contributed by atoms with E-state index in [0.29, 0.717) is 28.4 Å². The number of aromatic nitrogens is 1. The molecular weight excluding hydrogens is 436 g/mol. The van der Waals surface area contributed by atoms with Crippen molar-refractivity contribution in [2.75, 3.05) is 5.32 Å². The summed E-state index contributed by atoms with van der Waals surface area (Å²) in [5, 5.41) is 3.43. The van der Waals surface area contributed by atoms with Gasteiger partial charge in [-0.3, -0.25) is 14.6 Å². The molecule has 0 aliphatic heterocycles. The van der Waals surface area contributed by atoms with Crippen LogP contribution in [0.3, 0.4) is 0 Å². The summed E-state index contributed by atoms with van der Waals surface area (Å²) in [6.45, 7) is 0.309. The molecule has 1 fully saturated rings. The van der Waals surface area contributed by atoms with E-state index in [1.54, 1.807) is 36.7 Å². The number of nitrogens with zero attached hydrogens (tertiary/aromatic N) is 2. The van der Waals surface area contributed by atoms with Crippen molar-refractivity contribution in [2.45, 2.75) is 44.3 Å². The second kappa shape index (κ2) is 10.6. The van der Waals surface area contributed by atoms with Crippen LogP contribution in [-0.2, 0) is 6.54 Å². The van der Waals surface area contributed by atoms with Crippen LogP contribution >= 0.6 is 11.6 Å². The average molecular weight is 463 g/mol. The minimum absolute atomic E-state index is 0.0692. The van der Waals surface area contributed by atoms with Gasteiger partial charge in [-0.1, -0.05) is 42.6 Å². The van der Waals surface area contributed by atoms with Crippen molar-refractivity contribution in [1.29, 1.82) is 0 Å². The molecule has 7 heteroatoms. The van der Waals surface area contributed by atoms with Crippen molar-refractivity contribution in [1.82, 2.24) is 9.88 Å². The summed E-state index contributed by atoms with van der Waals surface area (Å²) in [5.41, 5.74) is 8.95. The summed E-state index contributed by atoms with van der Waals surface area (Å²) in [6, 6.07) is 17.7. The van der Waals surface area contributed by atoms with Crippen LogP contribution in [-0.4, -0.2) is 33.8 Å². The van der Waals surface area contributed by atoms with E-state index < -0.39 is 0 Å². The van der Waals surface area contributed by atoms with Gasteiger partial charge in [0, 0.05) is 52.9 Å². The number of halogens is 1. The van der Waals surface area contributed by atoms with E-state index in [2.05, 4.69) is 10.3 Å². The van der Waals surface area contributed by atoms with Crippen molar-refractivity contribution >= 4 is 29.1 Å². The predicted octanol–water partition coefficient (Wildman–Crippen LogP) is 4.90. The van der Waals surface area contributed by atoms with Crippen LogP contribution in [0.4, 0.5) is 5.69 Å². The van der Waals surface area contributed by atoms with Crippen LogP contribution in [0.1, 0.15) is 52.0 Å². The molecule has 0 bridgehead atoms. The van der Waals surface area contributed by atoms with E-state index in [0.717, 1.165) is 31.2 Å². The standard InChI is InChI=1S/C26H27ClN4O2/c27-22-11-10-21(30-25(32)18-12-14-29-15-13-18)16-20(22)17-31(24-9-5-4-8-23(24)28)26(33)19-6-2-1-3-7-19/h1-3,6-7,10-16,23-24H,4-5,8-9,17,28H2,(H,30,32). The Hall–Kier alpha value is -3.22. The van der Waals surface area contributed by atoms with Crippen molar-refractivity contribution in [3.05, 3.63) is 94.8 Å². The van der Waals surface area contributed by atoms with Gasteiger partial charge < -0.3 is 16.0 Å². The van der Waals surface area contributed by atoms with Gasteiger partial charge >= 0.3 is 0 Å². The molecule has 1 aliphatic rings. The fourth-order valence-electron chi connectivity index (χ4n) is 4.28. The molecule has 1 aliphatic carbocycles. The van der Waals surface area contributed by atoms with Gasteiger partial charge in [-0.25, -0.2) is 0 Å². The smallest absolute Gasteiger partial charge is 0.255 e. The minimum atomic E-state index is -0.239. The molecule has 33 heavy (non-hydrogen) atoms. The van der Waals surface area contributed by atoms with E-state index in [1.807, 2.05) is 41.3 Å². The Bertz CT molecular complexity index is 1110. The molecule has 1 saturated carbocycles. The number of pyridine rings is 1. The number of amides is 2. The van der Waals surface area contributed by atoms with Gasteiger partial charge in [0.05, 0.1) is 0 Å². The normalized spacial score (nSPS) is 17.9. The first kappa shape index (κ1) is 23.0. The molecule has 2 aromatic carbocycles. The number of nitrogens with two attached hydrogens (primary N) is 1. The van der Waals surface area contributed by atoms with Crippen LogP contribution in [0.2, 0.25) is 5.02 Å². The Kier molecular flexibility index (Phi) is 7.37. The van der Waals surface area contributed by atoms with Gasteiger partial charge in [0.1, 0.15) is 0 Å². The van der Waals surface area contributed by atoms with Crippen LogP contribution in [0.5, 0.6) is 0 Å². The Morgan fingerprint density at radius 3 is 2.45 bits per heavy atom. The molecule has 3 N–H and O–H groups in total. The molecule has 0 radical (unpaired) electrons. The third kappa shape index (κ3) is 5.59. The number of benzene rings is 2. The molecule has 6 nitrogen and oxygen atoms in total. The highest BCUT2D eigenvalue weighted by atomic mass is 35.5. The van der Waals surface area contributed by atoms with Gasteiger partial charge in [0.15, 0.2) is 0 Å². The van der Waals surface area contributed by atoms with Crippen LogP contribution < -0.4 is 11.1 Å². The summed E-state index contributed by atoms with van der Waals surface area (Å²) in [7, 11) is 0. The van der Waals surface area contributed by atoms with E-state index >= 15 is 0 Å². The monoisotopic (exact) mass is 462 g/mol. The second-order valence-corrected chi connectivity index (χ2v) is 8.72. The summed E-state index contributed by atoms with van der Waals surface area (Å²) >= 11 is 6.53. The fourth-order valence-corrected chi connectivity index (χ4v) is 4.45. The maximum absolute atomic E-state index is 13.5. The Balaban J connectivity index is 1.60. The first-order chi connectivity index (χ1) is 16.0. The number of anilines is 1. The topological polar surface area (TPSA) is 88.3 Å². The van der Waals surface area contributed by atoms with E-state index in [9.17, 15) is 9.59 Å². The van der Waals surface area contributed by atoms with Crippen LogP contribution in [0.25, 0.3) is 0 Å². The molecule has 2 atom stereocenters. The summed E-state index contributed by atoms with van der Waals surface area (Å²) in [4.78, 5) is 31.8. The molecule has 3 aromatic rings. The molecule has 2 amide bonds. The highest BCUT2D eigenvalue weighted by Crippen LogP contribution is 2.28. The van der Waals surface area contributed by atoms with Crippen LogP contribution in [0, 0.1) is 0 Å². The number of carbonyl (C=O) groups excluding carboxylic acids is 2. The van der Waals surface area contributed by atoms with Gasteiger partial charge in [-0.05, 0) is 60.9 Å². The lowest BCUT2D eigenvalue weighted by Gasteiger charge is -2.38. The Morgan fingerprint density at radius 2 is 1.73 bits per heavy atom.